The molecular weight excluding hydrogens is 368 g/mol. The molecule has 6 heteroatoms. The highest BCUT2D eigenvalue weighted by Crippen LogP contribution is 2.20. The first-order chi connectivity index (χ1) is 12.6. The normalized spacial score (nSPS) is 11.6. The lowest BCUT2D eigenvalue weighted by molar-refractivity contribution is 0.405. The van der Waals surface area contributed by atoms with Crippen molar-refractivity contribution in [2.24, 2.45) is 0 Å². The first kappa shape index (κ1) is 18.6. The number of benzene rings is 2. The minimum atomic E-state index is -3.65. The molecule has 0 saturated heterocycles. The molecule has 0 atom stereocenters. The van der Waals surface area contributed by atoms with Crippen LogP contribution in [0.3, 0.4) is 0 Å². The number of pyridine rings is 1. The minimum Gasteiger partial charge on any atom is -0.260 e. The quantitative estimate of drug-likeness (QED) is 0.612. The van der Waals surface area contributed by atoms with Crippen molar-refractivity contribution in [3.8, 4) is 0 Å². The van der Waals surface area contributed by atoms with Crippen LogP contribution in [0.15, 0.2) is 83.9 Å². The molecule has 0 unspecified atom stereocenters. The lowest BCUT2D eigenvalue weighted by Crippen LogP contribution is -2.33. The summed E-state index contributed by atoms with van der Waals surface area (Å²) in [5.74, 6) is 0. The number of hydrogen-bond donors (Lipinski definition) is 0. The summed E-state index contributed by atoms with van der Waals surface area (Å²) in [4.78, 5) is 4.50. The van der Waals surface area contributed by atoms with Crippen molar-refractivity contribution >= 4 is 21.6 Å². The van der Waals surface area contributed by atoms with Gasteiger partial charge in [0.1, 0.15) is 0 Å². The van der Waals surface area contributed by atoms with Crippen LogP contribution in [0.1, 0.15) is 11.3 Å². The van der Waals surface area contributed by atoms with Crippen molar-refractivity contribution in [1.82, 2.24) is 9.29 Å². The van der Waals surface area contributed by atoms with Crippen molar-refractivity contribution in [2.75, 3.05) is 6.54 Å². The van der Waals surface area contributed by atoms with E-state index in [0.717, 1.165) is 5.56 Å². The topological polar surface area (TPSA) is 50.3 Å². The van der Waals surface area contributed by atoms with Gasteiger partial charge in [0.15, 0.2) is 0 Å². The highest BCUT2D eigenvalue weighted by Gasteiger charge is 2.24. The lowest BCUT2D eigenvalue weighted by atomic mass is 10.1. The molecule has 4 nitrogen and oxygen atoms in total. The molecule has 0 N–H and O–H groups in total. The number of nitrogens with zero attached hydrogens (tertiary/aromatic N) is 2. The fraction of sp³-hybridized carbons (Fsp3) is 0.150. The Labute approximate surface area is 159 Å². The summed E-state index contributed by atoms with van der Waals surface area (Å²) in [6.07, 6.45) is 2.29. The van der Waals surface area contributed by atoms with Gasteiger partial charge in [0, 0.05) is 17.8 Å². The summed E-state index contributed by atoms with van der Waals surface area (Å²) in [6, 6.07) is 21.6. The summed E-state index contributed by atoms with van der Waals surface area (Å²) < 4.78 is 27.7. The molecule has 0 amide bonds. The van der Waals surface area contributed by atoms with Crippen LogP contribution in [0.25, 0.3) is 0 Å². The number of sulfonamides is 1. The third-order valence-corrected chi connectivity index (χ3v) is 6.12. The predicted octanol–water partition coefficient (Wildman–Crippen LogP) is 4.17. The minimum absolute atomic E-state index is 0.221. The first-order valence-corrected chi connectivity index (χ1v) is 10.1. The van der Waals surface area contributed by atoms with Crippen molar-refractivity contribution in [2.45, 2.75) is 17.9 Å². The van der Waals surface area contributed by atoms with Gasteiger partial charge in [-0.15, -0.1) is 0 Å². The molecule has 134 valence electrons. The van der Waals surface area contributed by atoms with Crippen LogP contribution in [-0.2, 0) is 23.0 Å². The second kappa shape index (κ2) is 8.45. The zero-order chi connectivity index (χ0) is 18.4. The van der Waals surface area contributed by atoms with Crippen molar-refractivity contribution < 1.29 is 8.42 Å². The molecule has 0 aliphatic heterocycles. The van der Waals surface area contributed by atoms with Gasteiger partial charge in [-0.05, 0) is 48.4 Å². The van der Waals surface area contributed by atoms with Crippen LogP contribution in [0.4, 0.5) is 0 Å². The number of hydrogen-bond acceptors (Lipinski definition) is 3. The third kappa shape index (κ3) is 4.69. The van der Waals surface area contributed by atoms with Gasteiger partial charge in [-0.1, -0.05) is 48.0 Å². The van der Waals surface area contributed by atoms with E-state index in [0.29, 0.717) is 23.7 Å². The van der Waals surface area contributed by atoms with Crippen LogP contribution in [0.2, 0.25) is 5.02 Å². The Hall–Kier alpha value is -2.21. The molecule has 0 aliphatic rings. The average Bonchev–Trinajstić information content (AvgIpc) is 2.67. The summed E-state index contributed by atoms with van der Waals surface area (Å²) in [5.41, 5.74) is 1.79. The summed E-state index contributed by atoms with van der Waals surface area (Å²) in [5, 5.41) is 0.504. The van der Waals surface area contributed by atoms with Crippen molar-refractivity contribution in [3.05, 3.63) is 95.3 Å². The SMILES string of the molecule is O=S(=O)(c1ccc(Cl)cc1)N(CCc1ccccc1)Cc1ccccn1. The second-order valence-electron chi connectivity index (χ2n) is 5.85. The first-order valence-electron chi connectivity index (χ1n) is 8.25. The van der Waals surface area contributed by atoms with E-state index in [1.165, 1.54) is 16.4 Å². The molecular formula is C20H19ClN2O2S. The van der Waals surface area contributed by atoms with Gasteiger partial charge >= 0.3 is 0 Å². The van der Waals surface area contributed by atoms with Gasteiger partial charge in [-0.3, -0.25) is 4.98 Å². The van der Waals surface area contributed by atoms with E-state index in [1.54, 1.807) is 18.3 Å². The molecule has 0 saturated carbocycles. The molecule has 0 radical (unpaired) electrons. The highest BCUT2D eigenvalue weighted by molar-refractivity contribution is 7.89. The lowest BCUT2D eigenvalue weighted by Gasteiger charge is -2.22. The maximum absolute atomic E-state index is 13.1. The van der Waals surface area contributed by atoms with Gasteiger partial charge in [0.2, 0.25) is 10.0 Å². The largest absolute Gasteiger partial charge is 0.260 e. The average molecular weight is 387 g/mol. The summed E-state index contributed by atoms with van der Waals surface area (Å²) in [6.45, 7) is 0.587. The van der Waals surface area contributed by atoms with Crippen LogP contribution in [0.5, 0.6) is 0 Å². The van der Waals surface area contributed by atoms with Gasteiger partial charge in [-0.25, -0.2) is 8.42 Å². The summed E-state index contributed by atoms with van der Waals surface area (Å²) >= 11 is 5.89. The monoisotopic (exact) mass is 386 g/mol. The molecule has 2 aromatic carbocycles. The molecule has 0 bridgehead atoms. The molecule has 0 fully saturated rings. The standard InChI is InChI=1S/C20H19ClN2O2S/c21-18-9-11-20(12-10-18)26(24,25)23(16-19-8-4-5-14-22-19)15-13-17-6-2-1-3-7-17/h1-12,14H,13,15-16H2. The van der Waals surface area contributed by atoms with Crippen LogP contribution in [-0.4, -0.2) is 24.3 Å². The maximum atomic E-state index is 13.1. The van der Waals surface area contributed by atoms with Crippen molar-refractivity contribution in [3.63, 3.8) is 0 Å². The van der Waals surface area contributed by atoms with Crippen LogP contribution >= 0.6 is 11.6 Å². The van der Waals surface area contributed by atoms with Crippen molar-refractivity contribution in [1.29, 1.82) is 0 Å². The molecule has 0 aliphatic carbocycles. The van der Waals surface area contributed by atoms with E-state index in [2.05, 4.69) is 4.98 Å². The van der Waals surface area contributed by atoms with Gasteiger partial charge in [0.05, 0.1) is 17.1 Å². The molecule has 1 heterocycles. The predicted molar refractivity (Wildman–Crippen MR) is 103 cm³/mol. The Morgan fingerprint density at radius 1 is 0.885 bits per heavy atom. The molecule has 3 rings (SSSR count). The zero-order valence-electron chi connectivity index (χ0n) is 14.1. The fourth-order valence-electron chi connectivity index (χ4n) is 2.61. The number of rotatable bonds is 7. The van der Waals surface area contributed by atoms with E-state index in [9.17, 15) is 8.42 Å². The third-order valence-electron chi connectivity index (χ3n) is 4.01. The Morgan fingerprint density at radius 2 is 1.58 bits per heavy atom. The fourth-order valence-corrected chi connectivity index (χ4v) is 4.15. The highest BCUT2D eigenvalue weighted by atomic mass is 35.5. The Balaban J connectivity index is 1.87. The molecule has 1 aromatic heterocycles. The van der Waals surface area contributed by atoms with E-state index in [1.807, 2.05) is 48.5 Å². The Kier molecular flexibility index (Phi) is 6.04. The van der Waals surface area contributed by atoms with Crippen LogP contribution < -0.4 is 0 Å². The van der Waals surface area contributed by atoms with E-state index >= 15 is 0 Å². The van der Waals surface area contributed by atoms with E-state index in [-0.39, 0.29) is 11.4 Å². The Bertz CT molecular complexity index is 931. The number of halogens is 1. The Morgan fingerprint density at radius 3 is 2.23 bits per heavy atom. The van der Waals surface area contributed by atoms with Gasteiger partial charge in [-0.2, -0.15) is 4.31 Å². The molecule has 26 heavy (non-hydrogen) atoms. The molecule has 3 aromatic rings. The smallest absolute Gasteiger partial charge is 0.243 e. The number of aromatic nitrogens is 1. The van der Waals surface area contributed by atoms with E-state index in [4.69, 9.17) is 11.6 Å². The zero-order valence-corrected chi connectivity index (χ0v) is 15.7. The second-order valence-corrected chi connectivity index (χ2v) is 8.22. The van der Waals surface area contributed by atoms with Gasteiger partial charge < -0.3 is 0 Å². The van der Waals surface area contributed by atoms with E-state index < -0.39 is 10.0 Å². The van der Waals surface area contributed by atoms with Crippen LogP contribution in [0, 0.1) is 0 Å². The maximum Gasteiger partial charge on any atom is 0.243 e. The molecule has 0 spiro atoms. The van der Waals surface area contributed by atoms with Gasteiger partial charge in [0.25, 0.3) is 0 Å². The summed E-state index contributed by atoms with van der Waals surface area (Å²) in [7, 11) is -3.65.